The van der Waals surface area contributed by atoms with Gasteiger partial charge in [-0.15, -0.1) is 0 Å². The molecule has 0 radical (unpaired) electrons. The minimum atomic E-state index is -0.786. The molecule has 0 bridgehead atoms. The zero-order chi connectivity index (χ0) is 14.8. The summed E-state index contributed by atoms with van der Waals surface area (Å²) >= 11 is 0. The molecule has 3 atom stereocenters. The molecule has 0 aromatic rings. The molecule has 0 aromatic carbocycles. The molecule has 0 unspecified atom stereocenters. The summed E-state index contributed by atoms with van der Waals surface area (Å²) in [4.78, 5) is 25.2. The highest BCUT2D eigenvalue weighted by Gasteiger charge is 2.41. The molecule has 1 aliphatic rings. The highest BCUT2D eigenvalue weighted by molar-refractivity contribution is 5.81. The molecule has 1 saturated heterocycles. The summed E-state index contributed by atoms with van der Waals surface area (Å²) in [6.45, 7) is 7.40. The summed E-state index contributed by atoms with van der Waals surface area (Å²) in [5.74, 6) is -0.634. The van der Waals surface area contributed by atoms with Gasteiger partial charge < -0.3 is 14.6 Å². The molecule has 1 N–H and O–H groups in total. The van der Waals surface area contributed by atoms with Gasteiger partial charge in [0, 0.05) is 13.0 Å². The number of carbonyl (C=O) groups excluding carboxylic acids is 2. The van der Waals surface area contributed by atoms with Crippen molar-refractivity contribution in [3.05, 3.63) is 0 Å². The Kier molecular flexibility index (Phi) is 4.79. The van der Waals surface area contributed by atoms with Gasteiger partial charge >= 0.3 is 12.1 Å². The van der Waals surface area contributed by atoms with Gasteiger partial charge in [0.25, 0.3) is 0 Å². The Bertz CT molecular complexity index is 349. The lowest BCUT2D eigenvalue weighted by Crippen LogP contribution is -2.55. The number of piperidine rings is 1. The molecule has 19 heavy (non-hydrogen) atoms. The lowest BCUT2D eigenvalue weighted by molar-refractivity contribution is -0.151. The number of carbonyl (C=O) groups is 2. The van der Waals surface area contributed by atoms with Crippen molar-refractivity contribution < 1.29 is 24.2 Å². The predicted molar refractivity (Wildman–Crippen MR) is 68.5 cm³/mol. The van der Waals surface area contributed by atoms with Crippen LogP contribution in [0.15, 0.2) is 0 Å². The number of hydrogen-bond donors (Lipinski definition) is 1. The fourth-order valence-electron chi connectivity index (χ4n) is 2.03. The van der Waals surface area contributed by atoms with Crippen molar-refractivity contribution in [3.63, 3.8) is 0 Å². The zero-order valence-electron chi connectivity index (χ0n) is 12.2. The first-order chi connectivity index (χ1) is 8.65. The highest BCUT2D eigenvalue weighted by atomic mass is 16.6. The van der Waals surface area contributed by atoms with Crippen LogP contribution in [0.4, 0.5) is 4.79 Å². The van der Waals surface area contributed by atoms with Crippen LogP contribution in [0.1, 0.15) is 34.1 Å². The standard InChI is InChI=1S/C13H23NO5/c1-8-7-14(12(17)19-13(2,3)4)9(6-10(8)15)11(16)18-5/h8-10,15H,6-7H2,1-5H3/t8-,9-,10-/m0/s1. The van der Waals surface area contributed by atoms with Crippen LogP contribution in [0.3, 0.4) is 0 Å². The van der Waals surface area contributed by atoms with Gasteiger partial charge in [0.15, 0.2) is 0 Å². The maximum absolute atomic E-state index is 12.1. The predicted octanol–water partition coefficient (Wildman–Crippen LogP) is 1.17. The molecule has 1 heterocycles. The number of likely N-dealkylation sites (tertiary alicyclic amines) is 1. The average Bonchev–Trinajstić information content (AvgIpc) is 2.28. The van der Waals surface area contributed by atoms with Crippen LogP contribution >= 0.6 is 0 Å². The van der Waals surface area contributed by atoms with Crippen molar-refractivity contribution in [2.24, 2.45) is 5.92 Å². The number of rotatable bonds is 1. The number of amides is 1. The van der Waals surface area contributed by atoms with E-state index in [9.17, 15) is 14.7 Å². The van der Waals surface area contributed by atoms with E-state index < -0.39 is 29.8 Å². The first-order valence-electron chi connectivity index (χ1n) is 6.41. The average molecular weight is 273 g/mol. The molecule has 1 fully saturated rings. The lowest BCUT2D eigenvalue weighted by atomic mass is 9.91. The topological polar surface area (TPSA) is 76.1 Å². The minimum Gasteiger partial charge on any atom is -0.467 e. The Labute approximate surface area is 113 Å². The van der Waals surface area contributed by atoms with E-state index in [0.717, 1.165) is 0 Å². The summed E-state index contributed by atoms with van der Waals surface area (Å²) in [5.41, 5.74) is -0.628. The molecule has 0 aliphatic carbocycles. The van der Waals surface area contributed by atoms with Gasteiger partial charge in [-0.3, -0.25) is 4.90 Å². The van der Waals surface area contributed by atoms with E-state index >= 15 is 0 Å². The third-order valence-electron chi connectivity index (χ3n) is 3.08. The third-order valence-corrected chi connectivity index (χ3v) is 3.08. The quantitative estimate of drug-likeness (QED) is 0.726. The number of ether oxygens (including phenoxy) is 2. The molecule has 0 spiro atoms. The van der Waals surface area contributed by atoms with Crippen LogP contribution in [-0.4, -0.2) is 53.5 Å². The molecule has 0 aromatic heterocycles. The van der Waals surface area contributed by atoms with E-state index in [1.165, 1.54) is 12.0 Å². The van der Waals surface area contributed by atoms with Gasteiger partial charge in [0.2, 0.25) is 0 Å². The van der Waals surface area contributed by atoms with E-state index in [4.69, 9.17) is 4.74 Å². The number of methoxy groups -OCH3 is 1. The van der Waals surface area contributed by atoms with Crippen LogP contribution in [0.5, 0.6) is 0 Å². The van der Waals surface area contributed by atoms with Crippen LogP contribution < -0.4 is 0 Å². The molecule has 6 nitrogen and oxygen atoms in total. The monoisotopic (exact) mass is 273 g/mol. The number of aliphatic hydroxyl groups is 1. The van der Waals surface area contributed by atoms with Gasteiger partial charge in [0.05, 0.1) is 13.2 Å². The molecule has 1 rings (SSSR count). The fraction of sp³-hybridized carbons (Fsp3) is 0.846. The van der Waals surface area contributed by atoms with E-state index in [-0.39, 0.29) is 18.9 Å². The van der Waals surface area contributed by atoms with Crippen LogP contribution in [0.2, 0.25) is 0 Å². The van der Waals surface area contributed by atoms with E-state index in [2.05, 4.69) is 4.74 Å². The van der Waals surface area contributed by atoms with Crippen molar-refractivity contribution in [3.8, 4) is 0 Å². The molecular formula is C13H23NO5. The fourth-order valence-corrected chi connectivity index (χ4v) is 2.03. The van der Waals surface area contributed by atoms with Gasteiger partial charge in [0.1, 0.15) is 11.6 Å². The number of esters is 1. The van der Waals surface area contributed by atoms with Gasteiger partial charge in [-0.05, 0) is 26.7 Å². The first kappa shape index (κ1) is 15.8. The molecule has 110 valence electrons. The van der Waals surface area contributed by atoms with E-state index in [1.54, 1.807) is 20.8 Å². The summed E-state index contributed by atoms with van der Waals surface area (Å²) in [5, 5.41) is 9.84. The maximum atomic E-state index is 12.1. The van der Waals surface area contributed by atoms with Crippen molar-refractivity contribution in [1.29, 1.82) is 0 Å². The number of nitrogens with zero attached hydrogens (tertiary/aromatic N) is 1. The Morgan fingerprint density at radius 2 is 1.89 bits per heavy atom. The Morgan fingerprint density at radius 1 is 1.32 bits per heavy atom. The molecular weight excluding hydrogens is 250 g/mol. The molecule has 1 amide bonds. The summed E-state index contributed by atoms with van der Waals surface area (Å²) < 4.78 is 9.97. The number of aliphatic hydroxyl groups excluding tert-OH is 1. The Hall–Kier alpha value is -1.30. The summed E-state index contributed by atoms with van der Waals surface area (Å²) in [6.07, 6.45) is -1.00. The largest absolute Gasteiger partial charge is 0.467 e. The first-order valence-corrected chi connectivity index (χ1v) is 6.41. The third kappa shape index (κ3) is 4.09. The second-order valence-corrected chi connectivity index (χ2v) is 5.95. The number of hydrogen-bond acceptors (Lipinski definition) is 5. The van der Waals surface area contributed by atoms with Gasteiger partial charge in [-0.1, -0.05) is 6.92 Å². The highest BCUT2D eigenvalue weighted by Crippen LogP contribution is 2.25. The van der Waals surface area contributed by atoms with E-state index in [1.807, 2.05) is 6.92 Å². The molecule has 1 aliphatic heterocycles. The second kappa shape index (κ2) is 5.77. The SMILES string of the molecule is COC(=O)[C@@H]1C[C@H](O)[C@@H](C)CN1C(=O)OC(C)(C)C. The van der Waals surface area contributed by atoms with Gasteiger partial charge in [-0.25, -0.2) is 9.59 Å². The van der Waals surface area contributed by atoms with Crippen molar-refractivity contribution in [2.45, 2.75) is 51.9 Å². The summed E-state index contributed by atoms with van der Waals surface area (Å²) in [7, 11) is 1.26. The maximum Gasteiger partial charge on any atom is 0.411 e. The van der Waals surface area contributed by atoms with E-state index in [0.29, 0.717) is 0 Å². The second-order valence-electron chi connectivity index (χ2n) is 5.95. The zero-order valence-corrected chi connectivity index (χ0v) is 12.2. The molecule has 6 heteroatoms. The Morgan fingerprint density at radius 3 is 2.37 bits per heavy atom. The normalized spacial score (nSPS) is 27.9. The van der Waals surface area contributed by atoms with Crippen LogP contribution in [0, 0.1) is 5.92 Å². The molecule has 0 saturated carbocycles. The summed E-state index contributed by atoms with van der Waals surface area (Å²) in [6, 6.07) is -0.786. The van der Waals surface area contributed by atoms with Crippen molar-refractivity contribution in [2.75, 3.05) is 13.7 Å². The van der Waals surface area contributed by atoms with Crippen LogP contribution in [-0.2, 0) is 14.3 Å². The smallest absolute Gasteiger partial charge is 0.411 e. The minimum absolute atomic E-state index is 0.103. The lowest BCUT2D eigenvalue weighted by Gasteiger charge is -2.39. The van der Waals surface area contributed by atoms with Gasteiger partial charge in [-0.2, -0.15) is 0 Å². The van der Waals surface area contributed by atoms with Crippen molar-refractivity contribution >= 4 is 12.1 Å². The Balaban J connectivity index is 2.86. The van der Waals surface area contributed by atoms with Crippen LogP contribution in [0.25, 0.3) is 0 Å². The van der Waals surface area contributed by atoms with Crippen molar-refractivity contribution in [1.82, 2.24) is 4.90 Å².